The van der Waals surface area contributed by atoms with Gasteiger partial charge in [-0.15, -0.1) is 11.6 Å². The van der Waals surface area contributed by atoms with Crippen LogP contribution in [0.2, 0.25) is 0 Å². The molecular weight excluding hydrogens is 236 g/mol. The Morgan fingerprint density at radius 1 is 1.41 bits per heavy atom. The van der Waals surface area contributed by atoms with Crippen molar-refractivity contribution in [1.82, 2.24) is 9.78 Å². The van der Waals surface area contributed by atoms with E-state index in [1.807, 2.05) is 48.3 Å². The third kappa shape index (κ3) is 2.85. The first-order valence-corrected chi connectivity index (χ1v) is 5.73. The van der Waals surface area contributed by atoms with Gasteiger partial charge in [0.05, 0.1) is 23.5 Å². The molecule has 0 aliphatic rings. The average Bonchev–Trinajstić information content (AvgIpc) is 2.77. The fourth-order valence-electron chi connectivity index (χ4n) is 1.43. The van der Waals surface area contributed by atoms with Gasteiger partial charge < -0.3 is 5.73 Å². The van der Waals surface area contributed by atoms with Crippen molar-refractivity contribution in [2.75, 3.05) is 5.88 Å². The van der Waals surface area contributed by atoms with E-state index in [2.05, 4.69) is 10.1 Å². The van der Waals surface area contributed by atoms with Crippen molar-refractivity contribution in [2.24, 2.45) is 10.7 Å². The summed E-state index contributed by atoms with van der Waals surface area (Å²) in [4.78, 5) is 4.15. The van der Waals surface area contributed by atoms with Crippen LogP contribution in [0.1, 0.15) is 5.56 Å². The van der Waals surface area contributed by atoms with Gasteiger partial charge in [0.15, 0.2) is 0 Å². The van der Waals surface area contributed by atoms with Gasteiger partial charge in [0.1, 0.15) is 5.84 Å². The standard InChI is InChI=1S/C12H13ClN4/c1-9-7-15-17(8-9)11-4-2-10(3-5-11)16-12(14)6-13/h2-5,7-8H,6H2,1H3,(H2,14,16). The third-order valence-electron chi connectivity index (χ3n) is 2.24. The molecule has 0 fully saturated rings. The summed E-state index contributed by atoms with van der Waals surface area (Å²) in [5.41, 5.74) is 8.46. The number of alkyl halides is 1. The van der Waals surface area contributed by atoms with Gasteiger partial charge in [-0.05, 0) is 36.8 Å². The Bertz CT molecular complexity index is 528. The molecule has 0 atom stereocenters. The molecule has 2 N–H and O–H groups in total. The lowest BCUT2D eigenvalue weighted by Gasteiger charge is -2.01. The van der Waals surface area contributed by atoms with Crippen LogP contribution in [0.25, 0.3) is 5.69 Å². The highest BCUT2D eigenvalue weighted by Crippen LogP contribution is 2.15. The van der Waals surface area contributed by atoms with E-state index in [0.717, 1.165) is 16.9 Å². The van der Waals surface area contributed by atoms with Crippen LogP contribution >= 0.6 is 11.6 Å². The predicted molar refractivity (Wildman–Crippen MR) is 70.3 cm³/mol. The Morgan fingerprint density at radius 3 is 2.65 bits per heavy atom. The van der Waals surface area contributed by atoms with Crippen LogP contribution in [0.5, 0.6) is 0 Å². The van der Waals surface area contributed by atoms with E-state index in [9.17, 15) is 0 Å². The fraction of sp³-hybridized carbons (Fsp3) is 0.167. The molecule has 0 unspecified atom stereocenters. The lowest BCUT2D eigenvalue weighted by Crippen LogP contribution is -2.12. The first-order valence-electron chi connectivity index (χ1n) is 5.20. The van der Waals surface area contributed by atoms with Crippen molar-refractivity contribution < 1.29 is 0 Å². The largest absolute Gasteiger partial charge is 0.386 e. The molecule has 0 radical (unpaired) electrons. The maximum Gasteiger partial charge on any atom is 0.115 e. The van der Waals surface area contributed by atoms with Crippen LogP contribution in [0.3, 0.4) is 0 Å². The van der Waals surface area contributed by atoms with Crippen molar-refractivity contribution >= 4 is 23.1 Å². The average molecular weight is 249 g/mol. The molecule has 1 aromatic carbocycles. The van der Waals surface area contributed by atoms with Gasteiger partial charge in [0, 0.05) is 6.20 Å². The summed E-state index contributed by atoms with van der Waals surface area (Å²) in [6.07, 6.45) is 3.78. The molecule has 0 saturated heterocycles. The Balaban J connectivity index is 2.24. The summed E-state index contributed by atoms with van der Waals surface area (Å²) >= 11 is 5.56. The molecule has 0 bridgehead atoms. The molecule has 0 amide bonds. The minimum Gasteiger partial charge on any atom is -0.386 e. The number of aliphatic imine (C=N–C) groups is 1. The highest BCUT2D eigenvalue weighted by molar-refractivity contribution is 6.28. The Hall–Kier alpha value is -1.81. The van der Waals surface area contributed by atoms with Gasteiger partial charge in [0.25, 0.3) is 0 Å². The Kier molecular flexibility index (Phi) is 3.44. The second kappa shape index (κ2) is 5.01. The number of amidine groups is 1. The van der Waals surface area contributed by atoms with Crippen molar-refractivity contribution in [3.8, 4) is 5.69 Å². The fourth-order valence-corrected chi connectivity index (χ4v) is 1.49. The Labute approximate surface area is 105 Å². The van der Waals surface area contributed by atoms with Gasteiger partial charge in [-0.2, -0.15) is 5.10 Å². The van der Waals surface area contributed by atoms with E-state index < -0.39 is 0 Å². The topological polar surface area (TPSA) is 56.2 Å². The Morgan fingerprint density at radius 2 is 2.12 bits per heavy atom. The van der Waals surface area contributed by atoms with Crippen LogP contribution in [-0.4, -0.2) is 21.5 Å². The number of hydrogen-bond acceptors (Lipinski definition) is 2. The third-order valence-corrected chi connectivity index (χ3v) is 2.51. The molecule has 0 aliphatic carbocycles. The molecule has 4 nitrogen and oxygen atoms in total. The molecule has 1 heterocycles. The SMILES string of the molecule is Cc1cnn(-c2ccc(N=C(N)CCl)cc2)c1. The highest BCUT2D eigenvalue weighted by Gasteiger charge is 1.98. The molecular formula is C12H13ClN4. The van der Waals surface area contributed by atoms with E-state index in [1.165, 1.54) is 0 Å². The van der Waals surface area contributed by atoms with Gasteiger partial charge in [-0.25, -0.2) is 9.67 Å². The number of hydrogen-bond donors (Lipinski definition) is 1. The maximum absolute atomic E-state index is 5.56. The number of nitrogens with two attached hydrogens (primary N) is 1. The van der Waals surface area contributed by atoms with Crippen molar-refractivity contribution in [3.63, 3.8) is 0 Å². The summed E-state index contributed by atoms with van der Waals surface area (Å²) in [7, 11) is 0. The normalized spacial score (nSPS) is 11.8. The summed E-state index contributed by atoms with van der Waals surface area (Å²) in [6.45, 7) is 2.00. The maximum atomic E-state index is 5.56. The van der Waals surface area contributed by atoms with E-state index in [1.54, 1.807) is 0 Å². The van der Waals surface area contributed by atoms with Crippen molar-refractivity contribution in [1.29, 1.82) is 0 Å². The number of aryl methyl sites for hydroxylation is 1. The van der Waals surface area contributed by atoms with E-state index >= 15 is 0 Å². The van der Waals surface area contributed by atoms with Crippen molar-refractivity contribution in [3.05, 3.63) is 42.2 Å². The molecule has 0 saturated carbocycles. The van der Waals surface area contributed by atoms with E-state index in [4.69, 9.17) is 17.3 Å². The van der Waals surface area contributed by atoms with E-state index in [-0.39, 0.29) is 5.88 Å². The van der Waals surface area contributed by atoms with Crippen molar-refractivity contribution in [2.45, 2.75) is 6.92 Å². The first kappa shape index (κ1) is 11.7. The lowest BCUT2D eigenvalue weighted by molar-refractivity contribution is 0.880. The minimum absolute atomic E-state index is 0.236. The second-order valence-electron chi connectivity index (χ2n) is 3.72. The first-order chi connectivity index (χ1) is 8.19. The monoisotopic (exact) mass is 248 g/mol. The molecule has 0 aliphatic heterocycles. The second-order valence-corrected chi connectivity index (χ2v) is 3.98. The number of benzene rings is 1. The number of aromatic nitrogens is 2. The quantitative estimate of drug-likeness (QED) is 0.515. The molecule has 17 heavy (non-hydrogen) atoms. The molecule has 1 aromatic heterocycles. The number of rotatable bonds is 3. The molecule has 0 spiro atoms. The zero-order valence-electron chi connectivity index (χ0n) is 9.47. The minimum atomic E-state index is 0.236. The van der Waals surface area contributed by atoms with Crippen LogP contribution in [-0.2, 0) is 0 Å². The van der Waals surface area contributed by atoms with Crippen LogP contribution in [0.15, 0.2) is 41.7 Å². The zero-order valence-corrected chi connectivity index (χ0v) is 10.2. The van der Waals surface area contributed by atoms with Gasteiger partial charge >= 0.3 is 0 Å². The van der Waals surface area contributed by atoms with E-state index in [0.29, 0.717) is 5.84 Å². The van der Waals surface area contributed by atoms with Crippen LogP contribution in [0, 0.1) is 6.92 Å². The summed E-state index contributed by atoms with van der Waals surface area (Å²) in [5, 5.41) is 4.23. The zero-order chi connectivity index (χ0) is 12.3. The van der Waals surface area contributed by atoms with Gasteiger partial charge in [-0.1, -0.05) is 0 Å². The van der Waals surface area contributed by atoms with Gasteiger partial charge in [-0.3, -0.25) is 0 Å². The summed E-state index contributed by atoms with van der Waals surface area (Å²) in [6, 6.07) is 7.64. The molecule has 88 valence electrons. The highest BCUT2D eigenvalue weighted by atomic mass is 35.5. The van der Waals surface area contributed by atoms with Crippen LogP contribution in [0.4, 0.5) is 5.69 Å². The molecule has 5 heteroatoms. The smallest absolute Gasteiger partial charge is 0.115 e. The number of nitrogens with zero attached hydrogens (tertiary/aromatic N) is 3. The lowest BCUT2D eigenvalue weighted by atomic mass is 10.3. The predicted octanol–water partition coefficient (Wildman–Crippen LogP) is 2.41. The molecule has 2 rings (SSSR count). The van der Waals surface area contributed by atoms with Gasteiger partial charge in [0.2, 0.25) is 0 Å². The summed E-state index contributed by atoms with van der Waals surface area (Å²) < 4.78 is 1.81. The molecule has 2 aromatic rings. The number of halogens is 1. The summed E-state index contributed by atoms with van der Waals surface area (Å²) in [5.74, 6) is 0.648. The van der Waals surface area contributed by atoms with Crippen LogP contribution < -0.4 is 5.73 Å².